The zero-order valence-electron chi connectivity index (χ0n) is 13.5. The average molecular weight is 329 g/mol. The Morgan fingerprint density at radius 1 is 1.32 bits per heavy atom. The van der Waals surface area contributed by atoms with E-state index in [0.29, 0.717) is 17.9 Å². The van der Waals surface area contributed by atoms with E-state index in [2.05, 4.69) is 6.92 Å². The lowest BCUT2D eigenvalue weighted by Gasteiger charge is -2.20. The van der Waals surface area contributed by atoms with Gasteiger partial charge in [-0.05, 0) is 31.6 Å². The molecule has 0 amide bonds. The van der Waals surface area contributed by atoms with E-state index in [1.807, 2.05) is 6.08 Å². The van der Waals surface area contributed by atoms with Crippen molar-refractivity contribution in [1.82, 2.24) is 0 Å². The molecule has 5 nitrogen and oxygen atoms in total. The van der Waals surface area contributed by atoms with E-state index in [4.69, 9.17) is 15.0 Å². The summed E-state index contributed by atoms with van der Waals surface area (Å²) in [6.07, 6.45) is 10.9. The predicted octanol–water partition coefficient (Wildman–Crippen LogP) is 4.12. The molecular formula is C16H28NO4P. The summed E-state index contributed by atoms with van der Waals surface area (Å²) in [6, 6.07) is 0. The Balaban J connectivity index is 2.54. The fourth-order valence-electron chi connectivity index (χ4n) is 2.72. The molecule has 1 atom stereocenters. The second-order valence-electron chi connectivity index (χ2n) is 5.88. The highest BCUT2D eigenvalue weighted by Crippen LogP contribution is 2.26. The van der Waals surface area contributed by atoms with Crippen LogP contribution < -0.4 is 5.73 Å². The first-order valence-electron chi connectivity index (χ1n) is 8.29. The Hall–Kier alpha value is -0.770. The molecule has 1 aliphatic carbocycles. The molecule has 0 saturated heterocycles. The third kappa shape index (κ3) is 8.02. The minimum Gasteiger partial charge on any atom is -0.443 e. The molecule has 1 aliphatic rings. The van der Waals surface area contributed by atoms with Gasteiger partial charge in [0.1, 0.15) is 0 Å². The summed E-state index contributed by atoms with van der Waals surface area (Å²) in [7, 11) is -0.432. The minimum atomic E-state index is -0.585. The lowest BCUT2D eigenvalue weighted by molar-refractivity contribution is -0.144. The highest BCUT2D eigenvalue weighted by molar-refractivity contribution is 7.17. The van der Waals surface area contributed by atoms with E-state index in [0.717, 1.165) is 32.1 Å². The van der Waals surface area contributed by atoms with Crippen LogP contribution in [0.5, 0.6) is 0 Å². The maximum atomic E-state index is 12.2. The molecule has 0 aliphatic heterocycles. The molecule has 0 heterocycles. The molecule has 1 unspecified atom stereocenters. The number of unbranched alkanes of at least 4 members (excludes halogenated alkanes) is 2. The van der Waals surface area contributed by atoms with E-state index >= 15 is 0 Å². The summed E-state index contributed by atoms with van der Waals surface area (Å²) in [5.74, 6) is -0.0715. The zero-order chi connectivity index (χ0) is 16.2. The van der Waals surface area contributed by atoms with Gasteiger partial charge in [-0.3, -0.25) is 10.3 Å². The quantitative estimate of drug-likeness (QED) is 0.214. The van der Waals surface area contributed by atoms with E-state index in [9.17, 15) is 9.36 Å². The topological polar surface area (TPSA) is 78.6 Å². The maximum absolute atomic E-state index is 12.2. The largest absolute Gasteiger partial charge is 0.443 e. The molecule has 0 bridgehead atoms. The van der Waals surface area contributed by atoms with Crippen molar-refractivity contribution >= 4 is 14.7 Å². The third-order valence-electron chi connectivity index (χ3n) is 3.97. The maximum Gasteiger partial charge on any atom is 0.337 e. The van der Waals surface area contributed by atoms with Gasteiger partial charge in [-0.2, -0.15) is 0 Å². The van der Waals surface area contributed by atoms with Crippen LogP contribution in [0, 0.1) is 5.92 Å². The molecule has 22 heavy (non-hydrogen) atoms. The van der Waals surface area contributed by atoms with Gasteiger partial charge in [0.25, 0.3) is 0 Å². The van der Waals surface area contributed by atoms with Crippen molar-refractivity contribution < 1.29 is 18.6 Å². The first kappa shape index (κ1) is 19.3. The van der Waals surface area contributed by atoms with Gasteiger partial charge >= 0.3 is 14.7 Å². The van der Waals surface area contributed by atoms with Crippen molar-refractivity contribution in [2.45, 2.75) is 70.9 Å². The SMILES string of the molecule is CCCCCC(N)OC(=O)/C(=C/C1CCCCC1)COP=O. The number of nitrogens with two attached hydrogens (primary N) is 1. The number of allylic oxidation sites excluding steroid dienone is 1. The van der Waals surface area contributed by atoms with Crippen LogP contribution in [-0.4, -0.2) is 18.8 Å². The second kappa shape index (κ2) is 11.8. The summed E-state index contributed by atoms with van der Waals surface area (Å²) in [5.41, 5.74) is 6.27. The van der Waals surface area contributed by atoms with Crippen molar-refractivity contribution in [3.05, 3.63) is 11.6 Å². The number of esters is 1. The third-order valence-corrected chi connectivity index (χ3v) is 4.21. The normalized spacial score (nSPS) is 18.4. The van der Waals surface area contributed by atoms with Gasteiger partial charge in [-0.25, -0.2) is 9.36 Å². The Morgan fingerprint density at radius 2 is 2.05 bits per heavy atom. The number of carbonyl (C=O) groups is 1. The number of ether oxygens (including phenoxy) is 1. The van der Waals surface area contributed by atoms with E-state index < -0.39 is 20.9 Å². The highest BCUT2D eigenvalue weighted by Gasteiger charge is 2.19. The second-order valence-corrected chi connectivity index (χ2v) is 6.28. The van der Waals surface area contributed by atoms with E-state index in [1.165, 1.54) is 19.3 Å². The van der Waals surface area contributed by atoms with Crippen LogP contribution in [0.4, 0.5) is 0 Å². The summed E-state index contributed by atoms with van der Waals surface area (Å²) >= 11 is 0. The van der Waals surface area contributed by atoms with Crippen LogP contribution in [0.2, 0.25) is 0 Å². The molecule has 1 rings (SSSR count). The van der Waals surface area contributed by atoms with Gasteiger partial charge in [-0.15, -0.1) is 0 Å². The number of hydrogen-bond acceptors (Lipinski definition) is 5. The van der Waals surface area contributed by atoms with Gasteiger partial charge in [0, 0.05) is 0 Å². The van der Waals surface area contributed by atoms with Crippen molar-refractivity contribution in [3.8, 4) is 0 Å². The van der Waals surface area contributed by atoms with Gasteiger partial charge in [-0.1, -0.05) is 45.1 Å². The monoisotopic (exact) mass is 329 g/mol. The summed E-state index contributed by atoms with van der Waals surface area (Å²) in [4.78, 5) is 12.2. The molecule has 1 saturated carbocycles. The molecule has 0 radical (unpaired) electrons. The van der Waals surface area contributed by atoms with Crippen LogP contribution in [0.15, 0.2) is 11.6 Å². The number of hydrogen-bond donors (Lipinski definition) is 1. The number of carbonyl (C=O) groups excluding carboxylic acids is 1. The lowest BCUT2D eigenvalue weighted by atomic mass is 9.88. The highest BCUT2D eigenvalue weighted by atomic mass is 31.1. The number of rotatable bonds is 10. The Morgan fingerprint density at radius 3 is 2.68 bits per heavy atom. The first-order valence-corrected chi connectivity index (χ1v) is 9.02. The van der Waals surface area contributed by atoms with Crippen LogP contribution in [0.25, 0.3) is 0 Å². The Labute approximate surface area is 134 Å². The molecule has 0 aromatic carbocycles. The van der Waals surface area contributed by atoms with E-state index in [-0.39, 0.29) is 6.61 Å². The lowest BCUT2D eigenvalue weighted by Crippen LogP contribution is -2.28. The molecule has 126 valence electrons. The van der Waals surface area contributed by atoms with Crippen molar-refractivity contribution in [2.75, 3.05) is 6.61 Å². The molecule has 2 N–H and O–H groups in total. The smallest absolute Gasteiger partial charge is 0.337 e. The first-order chi connectivity index (χ1) is 10.7. The van der Waals surface area contributed by atoms with Gasteiger partial charge in [0.05, 0.1) is 12.2 Å². The summed E-state index contributed by atoms with van der Waals surface area (Å²) < 4.78 is 20.6. The Kier molecular flexibility index (Phi) is 10.3. The Bertz CT molecular complexity index is 367. The summed E-state index contributed by atoms with van der Waals surface area (Å²) in [6.45, 7) is 2.12. The zero-order valence-corrected chi connectivity index (χ0v) is 14.4. The minimum absolute atomic E-state index is 0.00205. The molecule has 0 aromatic rings. The van der Waals surface area contributed by atoms with Crippen molar-refractivity contribution in [2.24, 2.45) is 11.7 Å². The molecule has 0 spiro atoms. The van der Waals surface area contributed by atoms with Crippen molar-refractivity contribution in [3.63, 3.8) is 0 Å². The van der Waals surface area contributed by atoms with Crippen LogP contribution in [-0.2, 0) is 18.6 Å². The van der Waals surface area contributed by atoms with Gasteiger partial charge in [0.15, 0.2) is 6.23 Å². The predicted molar refractivity (Wildman–Crippen MR) is 86.4 cm³/mol. The molecule has 6 heteroatoms. The standard InChI is InChI=1S/C16H28NO4P/c1-2-3-5-10-15(17)21-16(18)14(12-20-22-19)11-13-8-6-4-7-9-13/h11,13,15H,2-10,12,17H2,1H3/b14-11+. The van der Waals surface area contributed by atoms with Crippen molar-refractivity contribution in [1.29, 1.82) is 0 Å². The molecular weight excluding hydrogens is 301 g/mol. The fraction of sp³-hybridized carbons (Fsp3) is 0.812. The van der Waals surface area contributed by atoms with Crippen LogP contribution in [0.3, 0.4) is 0 Å². The van der Waals surface area contributed by atoms with Gasteiger partial charge < -0.3 is 4.74 Å². The fourth-order valence-corrected chi connectivity index (χ4v) is 2.92. The average Bonchev–Trinajstić information content (AvgIpc) is 2.52. The van der Waals surface area contributed by atoms with Gasteiger partial charge in [0.2, 0.25) is 0 Å². The van der Waals surface area contributed by atoms with Crippen LogP contribution in [0.1, 0.15) is 64.7 Å². The van der Waals surface area contributed by atoms with E-state index in [1.54, 1.807) is 0 Å². The summed E-state index contributed by atoms with van der Waals surface area (Å²) in [5, 5.41) is 0. The molecule has 0 aromatic heterocycles. The molecule has 1 fully saturated rings. The van der Waals surface area contributed by atoms with Crippen LogP contribution >= 0.6 is 8.69 Å².